The number of halogens is 1. The van der Waals surface area contributed by atoms with Gasteiger partial charge in [-0.05, 0) is 17.2 Å². The van der Waals surface area contributed by atoms with Gasteiger partial charge in [0.1, 0.15) is 10.8 Å². The Kier molecular flexibility index (Phi) is 5.31. The summed E-state index contributed by atoms with van der Waals surface area (Å²) in [4.78, 5) is 4.37. The number of nitrogens with one attached hydrogen (secondary N) is 2. The van der Waals surface area contributed by atoms with E-state index in [1.165, 1.54) is 11.3 Å². The summed E-state index contributed by atoms with van der Waals surface area (Å²) in [5, 5.41) is 25.1. The van der Waals surface area contributed by atoms with Gasteiger partial charge in [0.05, 0.1) is 6.10 Å². The number of guanidine groups is 1. The first kappa shape index (κ1) is 18.5. The van der Waals surface area contributed by atoms with Crippen molar-refractivity contribution in [3.8, 4) is 11.1 Å². The monoisotopic (exact) mass is 397 g/mol. The van der Waals surface area contributed by atoms with Crippen molar-refractivity contribution >= 4 is 22.4 Å². The van der Waals surface area contributed by atoms with E-state index >= 15 is 0 Å². The number of hydrogen-bond donors (Lipinski definition) is 3. The van der Waals surface area contributed by atoms with E-state index in [1.807, 2.05) is 43.3 Å². The Morgan fingerprint density at radius 2 is 1.89 bits per heavy atom. The lowest BCUT2D eigenvalue weighted by atomic mass is 9.97. The Balaban J connectivity index is 1.52. The van der Waals surface area contributed by atoms with E-state index < -0.39 is 6.10 Å². The lowest BCUT2D eigenvalue weighted by Gasteiger charge is -2.21. The Hall–Kier alpha value is -2.84. The van der Waals surface area contributed by atoms with Crippen molar-refractivity contribution in [1.29, 1.82) is 0 Å². The number of aliphatic hydroxyl groups is 1. The standard InChI is InChI=1S/C20H20FN5OS/c1-12(14-7-8-16(17(21)9-14)13-5-3-2-4-6-13)18-25-26-20(28-18)24-19-22-10-15(27)11-23-19/h2-9,12,15,27H,10-11H2,1H3,(H2,22,23,24,26). The van der Waals surface area contributed by atoms with Crippen LogP contribution in [0.3, 0.4) is 0 Å². The molecule has 1 aromatic heterocycles. The van der Waals surface area contributed by atoms with Crippen molar-refractivity contribution < 1.29 is 9.50 Å². The van der Waals surface area contributed by atoms with Crippen LogP contribution >= 0.6 is 11.3 Å². The highest BCUT2D eigenvalue weighted by Gasteiger charge is 2.18. The van der Waals surface area contributed by atoms with Crippen LogP contribution in [0.5, 0.6) is 0 Å². The quantitative estimate of drug-likeness (QED) is 0.630. The van der Waals surface area contributed by atoms with Crippen LogP contribution in [-0.2, 0) is 0 Å². The molecule has 3 aromatic rings. The molecule has 6 nitrogen and oxygen atoms in total. The highest BCUT2D eigenvalue weighted by Crippen LogP contribution is 2.32. The molecule has 0 saturated carbocycles. The van der Waals surface area contributed by atoms with Crippen molar-refractivity contribution in [2.24, 2.45) is 4.99 Å². The Bertz CT molecular complexity index is 981. The van der Waals surface area contributed by atoms with Gasteiger partial charge in [-0.3, -0.25) is 0 Å². The molecule has 1 aliphatic rings. The summed E-state index contributed by atoms with van der Waals surface area (Å²) in [5.74, 6) is 0.216. The van der Waals surface area contributed by atoms with Crippen LogP contribution in [0.4, 0.5) is 9.52 Å². The molecule has 144 valence electrons. The number of aliphatic imine (C=N–C) groups is 1. The van der Waals surface area contributed by atoms with Crippen LogP contribution < -0.4 is 10.6 Å². The maximum Gasteiger partial charge on any atom is 0.234 e. The van der Waals surface area contributed by atoms with Gasteiger partial charge in [-0.15, -0.1) is 10.2 Å². The van der Waals surface area contributed by atoms with Crippen LogP contribution in [0.25, 0.3) is 11.1 Å². The van der Waals surface area contributed by atoms with Gasteiger partial charge in [-0.2, -0.15) is 4.99 Å². The van der Waals surface area contributed by atoms with Gasteiger partial charge in [-0.1, -0.05) is 60.7 Å². The summed E-state index contributed by atoms with van der Waals surface area (Å²) in [6.45, 7) is 2.86. The second-order valence-corrected chi connectivity index (χ2v) is 7.61. The SMILES string of the molecule is CC(c1ccc(-c2ccccc2)c(F)c1)c1nnc(N=C2NCC(O)CN2)s1. The maximum atomic E-state index is 14.7. The highest BCUT2D eigenvalue weighted by atomic mass is 32.1. The lowest BCUT2D eigenvalue weighted by molar-refractivity contribution is 0.171. The molecule has 1 fully saturated rings. The predicted molar refractivity (Wildman–Crippen MR) is 108 cm³/mol. The molecule has 2 aromatic carbocycles. The third-order valence-electron chi connectivity index (χ3n) is 4.60. The number of rotatable bonds is 4. The summed E-state index contributed by atoms with van der Waals surface area (Å²) >= 11 is 1.36. The van der Waals surface area contributed by atoms with E-state index in [1.54, 1.807) is 12.1 Å². The molecule has 0 bridgehead atoms. The van der Waals surface area contributed by atoms with Crippen LogP contribution in [0.15, 0.2) is 53.5 Å². The zero-order chi connectivity index (χ0) is 19.5. The summed E-state index contributed by atoms with van der Waals surface area (Å²) in [5.41, 5.74) is 2.27. The zero-order valence-corrected chi connectivity index (χ0v) is 16.1. The number of benzene rings is 2. The Morgan fingerprint density at radius 1 is 1.14 bits per heavy atom. The van der Waals surface area contributed by atoms with Crippen molar-refractivity contribution in [2.75, 3.05) is 13.1 Å². The van der Waals surface area contributed by atoms with E-state index in [9.17, 15) is 9.50 Å². The topological polar surface area (TPSA) is 82.4 Å². The van der Waals surface area contributed by atoms with Gasteiger partial charge in [0.15, 0.2) is 5.96 Å². The molecule has 3 N–H and O–H groups in total. The summed E-state index contributed by atoms with van der Waals surface area (Å²) < 4.78 is 14.7. The van der Waals surface area contributed by atoms with E-state index in [0.29, 0.717) is 29.7 Å². The van der Waals surface area contributed by atoms with Crippen molar-refractivity contribution in [3.63, 3.8) is 0 Å². The van der Waals surface area contributed by atoms with Gasteiger partial charge in [-0.25, -0.2) is 4.39 Å². The summed E-state index contributed by atoms with van der Waals surface area (Å²) in [6, 6.07) is 14.8. The highest BCUT2D eigenvalue weighted by molar-refractivity contribution is 7.15. The molecule has 1 aliphatic heterocycles. The van der Waals surface area contributed by atoms with Crippen LogP contribution in [0.2, 0.25) is 0 Å². The zero-order valence-electron chi connectivity index (χ0n) is 15.3. The molecule has 28 heavy (non-hydrogen) atoms. The second-order valence-electron chi connectivity index (χ2n) is 6.63. The largest absolute Gasteiger partial charge is 0.389 e. The van der Waals surface area contributed by atoms with Crippen LogP contribution in [-0.4, -0.2) is 40.5 Å². The third-order valence-corrected chi connectivity index (χ3v) is 5.60. The van der Waals surface area contributed by atoms with Crippen LogP contribution in [0.1, 0.15) is 23.4 Å². The first-order valence-corrected chi connectivity index (χ1v) is 9.84. The Labute approximate surface area is 166 Å². The number of β-amino-alcohol motifs (C(OH)–C–C–N with tert-alkyl or cyclic N) is 1. The number of aliphatic hydroxyl groups excluding tert-OH is 1. The van der Waals surface area contributed by atoms with E-state index in [4.69, 9.17) is 0 Å². The maximum absolute atomic E-state index is 14.7. The molecule has 8 heteroatoms. The predicted octanol–water partition coefficient (Wildman–Crippen LogP) is 3.04. The van der Waals surface area contributed by atoms with Gasteiger partial charge in [0, 0.05) is 24.6 Å². The van der Waals surface area contributed by atoms with Gasteiger partial charge in [0.25, 0.3) is 0 Å². The fourth-order valence-corrected chi connectivity index (χ4v) is 3.78. The van der Waals surface area contributed by atoms with Gasteiger partial charge in [0.2, 0.25) is 5.13 Å². The first-order chi connectivity index (χ1) is 13.6. The van der Waals surface area contributed by atoms with Gasteiger partial charge >= 0.3 is 0 Å². The van der Waals surface area contributed by atoms with E-state index in [-0.39, 0.29) is 11.7 Å². The third kappa shape index (κ3) is 4.02. The fraction of sp³-hybridized carbons (Fsp3) is 0.250. The smallest absolute Gasteiger partial charge is 0.234 e. The molecule has 2 heterocycles. The molecule has 1 saturated heterocycles. The summed E-state index contributed by atoms with van der Waals surface area (Å²) in [7, 11) is 0. The lowest BCUT2D eigenvalue weighted by Crippen LogP contribution is -2.51. The molecular formula is C20H20FN5OS. The van der Waals surface area contributed by atoms with Crippen molar-refractivity contribution in [3.05, 3.63) is 64.9 Å². The Morgan fingerprint density at radius 3 is 2.61 bits per heavy atom. The molecular weight excluding hydrogens is 377 g/mol. The number of hydrogen-bond acceptors (Lipinski definition) is 5. The van der Waals surface area contributed by atoms with Gasteiger partial charge < -0.3 is 15.7 Å². The molecule has 1 unspecified atom stereocenters. The minimum Gasteiger partial charge on any atom is -0.389 e. The second kappa shape index (κ2) is 8.04. The molecule has 0 spiro atoms. The van der Waals surface area contributed by atoms with E-state index in [2.05, 4.69) is 25.8 Å². The molecule has 4 rings (SSSR count). The molecule has 0 amide bonds. The minimum absolute atomic E-state index is 0.0973. The van der Waals surface area contributed by atoms with Crippen LogP contribution in [0, 0.1) is 5.82 Å². The first-order valence-electron chi connectivity index (χ1n) is 9.03. The van der Waals surface area contributed by atoms with Crippen molar-refractivity contribution in [1.82, 2.24) is 20.8 Å². The minimum atomic E-state index is -0.433. The normalized spacial score (nSPS) is 17.5. The molecule has 1 atom stereocenters. The average Bonchev–Trinajstić information content (AvgIpc) is 3.18. The number of aromatic nitrogens is 2. The number of nitrogens with zero attached hydrogens (tertiary/aromatic N) is 3. The average molecular weight is 397 g/mol. The van der Waals surface area contributed by atoms with Crippen molar-refractivity contribution in [2.45, 2.75) is 18.9 Å². The molecule has 0 radical (unpaired) electrons. The fourth-order valence-electron chi connectivity index (χ4n) is 2.98. The van der Waals surface area contributed by atoms with E-state index in [0.717, 1.165) is 16.1 Å². The summed E-state index contributed by atoms with van der Waals surface area (Å²) in [6.07, 6.45) is -0.433. The molecule has 0 aliphatic carbocycles.